The van der Waals surface area contributed by atoms with Gasteiger partial charge < -0.3 is 0 Å². The molecule has 0 bridgehead atoms. The zero-order valence-electron chi connectivity index (χ0n) is 6.07. The summed E-state index contributed by atoms with van der Waals surface area (Å²) in [6.45, 7) is 0. The van der Waals surface area contributed by atoms with Crippen LogP contribution in [0.4, 0.5) is 4.39 Å². The zero-order valence-corrected chi connectivity index (χ0v) is 6.88. The Labute approximate surface area is 72.7 Å². The second-order valence-electron chi connectivity index (χ2n) is 2.27. The summed E-state index contributed by atoms with van der Waals surface area (Å²) in [5, 5.41) is 1.86. The Hall–Kier alpha value is -1.29. The Bertz CT molecular complexity index is 372. The molecule has 0 fully saturated rings. The predicted molar refractivity (Wildman–Crippen MR) is 45.3 cm³/mol. The van der Waals surface area contributed by atoms with Gasteiger partial charge in [0.1, 0.15) is 5.82 Å². The first-order chi connectivity index (χ1) is 5.86. The number of hydrogen-bond donors (Lipinski definition) is 0. The highest BCUT2D eigenvalue weighted by Crippen LogP contribution is 2.17. The van der Waals surface area contributed by atoms with Crippen molar-refractivity contribution in [2.24, 2.45) is 0 Å². The Kier molecular flexibility index (Phi) is 1.83. The van der Waals surface area contributed by atoms with Crippen LogP contribution in [0.15, 0.2) is 29.4 Å². The van der Waals surface area contributed by atoms with Gasteiger partial charge in [-0.05, 0) is 6.07 Å². The summed E-state index contributed by atoms with van der Waals surface area (Å²) in [5.74, 6) is -0.333. The molecule has 0 aliphatic rings. The first-order valence-electron chi connectivity index (χ1n) is 3.35. The van der Waals surface area contributed by atoms with Crippen LogP contribution in [0.2, 0.25) is 0 Å². The normalized spacial score (nSPS) is 10.1. The van der Waals surface area contributed by atoms with E-state index in [1.54, 1.807) is 11.7 Å². The zero-order chi connectivity index (χ0) is 8.39. The maximum atomic E-state index is 12.7. The van der Waals surface area contributed by atoms with E-state index in [9.17, 15) is 4.39 Å². The number of nitrogens with zero attached hydrogens (tertiary/aromatic N) is 2. The molecule has 2 heterocycles. The quantitative estimate of drug-likeness (QED) is 0.673. The molecular weight excluding hydrogens is 175 g/mol. The number of rotatable bonds is 1. The largest absolute Gasteiger partial charge is 0.261 e. The minimum absolute atomic E-state index is 0.333. The second-order valence-corrected chi connectivity index (χ2v) is 2.98. The fourth-order valence-corrected chi connectivity index (χ4v) is 1.47. The van der Waals surface area contributed by atoms with Crippen LogP contribution >= 0.6 is 11.3 Å². The van der Waals surface area contributed by atoms with Crippen LogP contribution < -0.4 is 0 Å². The molecule has 0 aliphatic heterocycles. The number of halogens is 1. The Balaban J connectivity index is 2.48. The van der Waals surface area contributed by atoms with Crippen molar-refractivity contribution in [1.82, 2.24) is 9.97 Å². The van der Waals surface area contributed by atoms with Crippen LogP contribution in [0.3, 0.4) is 0 Å². The van der Waals surface area contributed by atoms with Crippen LogP contribution in [0.25, 0.3) is 11.3 Å². The summed E-state index contributed by atoms with van der Waals surface area (Å²) < 4.78 is 12.7. The second kappa shape index (κ2) is 2.98. The summed E-state index contributed by atoms with van der Waals surface area (Å²) >= 11 is 1.48. The number of hydrogen-bond acceptors (Lipinski definition) is 3. The van der Waals surface area contributed by atoms with Gasteiger partial charge in [-0.15, -0.1) is 11.3 Å². The SMILES string of the molecule is Fc1cncc(-c2cscn2)c1. The van der Waals surface area contributed by atoms with Gasteiger partial charge in [0.2, 0.25) is 0 Å². The summed E-state index contributed by atoms with van der Waals surface area (Å²) in [6.07, 6.45) is 2.77. The van der Waals surface area contributed by atoms with Crippen LogP contribution in [0, 0.1) is 5.82 Å². The van der Waals surface area contributed by atoms with Crippen molar-refractivity contribution in [3.63, 3.8) is 0 Å². The van der Waals surface area contributed by atoms with E-state index in [1.807, 2.05) is 5.38 Å². The molecule has 0 saturated heterocycles. The molecule has 60 valence electrons. The molecule has 0 aromatic carbocycles. The Morgan fingerprint density at radius 2 is 2.25 bits per heavy atom. The lowest BCUT2D eigenvalue weighted by atomic mass is 10.2. The van der Waals surface area contributed by atoms with Gasteiger partial charge in [0.25, 0.3) is 0 Å². The van der Waals surface area contributed by atoms with E-state index in [1.165, 1.54) is 23.6 Å². The van der Waals surface area contributed by atoms with Crippen LogP contribution in [0.5, 0.6) is 0 Å². The molecule has 0 spiro atoms. The van der Waals surface area contributed by atoms with E-state index in [2.05, 4.69) is 9.97 Å². The van der Waals surface area contributed by atoms with Gasteiger partial charge in [-0.3, -0.25) is 4.98 Å². The first-order valence-corrected chi connectivity index (χ1v) is 4.29. The fraction of sp³-hybridized carbons (Fsp3) is 0. The smallest absolute Gasteiger partial charge is 0.142 e. The van der Waals surface area contributed by atoms with Crippen LogP contribution in [0.1, 0.15) is 0 Å². The predicted octanol–water partition coefficient (Wildman–Crippen LogP) is 2.34. The highest BCUT2D eigenvalue weighted by Gasteiger charge is 2.00. The maximum absolute atomic E-state index is 12.7. The van der Waals surface area contributed by atoms with Gasteiger partial charge in [-0.2, -0.15) is 0 Å². The van der Waals surface area contributed by atoms with Crippen molar-refractivity contribution >= 4 is 11.3 Å². The summed E-state index contributed by atoms with van der Waals surface area (Å²) in [7, 11) is 0. The molecule has 4 heteroatoms. The van der Waals surface area contributed by atoms with Gasteiger partial charge in [0.05, 0.1) is 17.4 Å². The van der Waals surface area contributed by atoms with Crippen molar-refractivity contribution < 1.29 is 4.39 Å². The minimum atomic E-state index is -0.333. The van der Waals surface area contributed by atoms with E-state index < -0.39 is 0 Å². The third-order valence-corrected chi connectivity index (χ3v) is 2.02. The van der Waals surface area contributed by atoms with Crippen molar-refractivity contribution in [2.75, 3.05) is 0 Å². The molecule has 12 heavy (non-hydrogen) atoms. The number of pyridine rings is 1. The molecule has 0 N–H and O–H groups in total. The van der Waals surface area contributed by atoms with Crippen molar-refractivity contribution in [2.45, 2.75) is 0 Å². The van der Waals surface area contributed by atoms with E-state index in [4.69, 9.17) is 0 Å². The molecule has 2 nitrogen and oxygen atoms in total. The minimum Gasteiger partial charge on any atom is -0.261 e. The van der Waals surface area contributed by atoms with Gasteiger partial charge >= 0.3 is 0 Å². The summed E-state index contributed by atoms with van der Waals surface area (Å²) in [6, 6.07) is 1.42. The Morgan fingerprint density at radius 3 is 2.92 bits per heavy atom. The molecule has 0 amide bonds. The average molecular weight is 180 g/mol. The summed E-state index contributed by atoms with van der Waals surface area (Å²) in [4.78, 5) is 7.77. The fourth-order valence-electron chi connectivity index (χ4n) is 0.907. The van der Waals surface area contributed by atoms with Crippen LogP contribution in [-0.4, -0.2) is 9.97 Å². The number of aromatic nitrogens is 2. The van der Waals surface area contributed by atoms with Gasteiger partial charge in [-0.1, -0.05) is 0 Å². The van der Waals surface area contributed by atoms with E-state index in [-0.39, 0.29) is 5.82 Å². The topological polar surface area (TPSA) is 25.8 Å². The molecule has 2 rings (SSSR count). The number of thiazole rings is 1. The van der Waals surface area contributed by atoms with E-state index in [0.717, 1.165) is 11.3 Å². The maximum Gasteiger partial charge on any atom is 0.142 e. The van der Waals surface area contributed by atoms with Gasteiger partial charge in [-0.25, -0.2) is 9.37 Å². The lowest BCUT2D eigenvalue weighted by molar-refractivity contribution is 0.622. The van der Waals surface area contributed by atoms with E-state index >= 15 is 0 Å². The molecule has 0 atom stereocenters. The van der Waals surface area contributed by atoms with Crippen molar-refractivity contribution in [3.8, 4) is 11.3 Å². The van der Waals surface area contributed by atoms with Crippen molar-refractivity contribution in [1.29, 1.82) is 0 Å². The monoisotopic (exact) mass is 180 g/mol. The highest BCUT2D eigenvalue weighted by molar-refractivity contribution is 7.07. The summed E-state index contributed by atoms with van der Waals surface area (Å²) in [5.41, 5.74) is 3.20. The lowest BCUT2D eigenvalue weighted by Crippen LogP contribution is -1.81. The third-order valence-electron chi connectivity index (χ3n) is 1.43. The molecule has 0 radical (unpaired) electrons. The molecule has 0 aliphatic carbocycles. The molecule has 0 saturated carbocycles. The molecule has 0 unspecified atom stereocenters. The molecule has 2 aromatic rings. The third kappa shape index (κ3) is 1.33. The Morgan fingerprint density at radius 1 is 1.33 bits per heavy atom. The van der Waals surface area contributed by atoms with Gasteiger partial charge in [0.15, 0.2) is 0 Å². The lowest BCUT2D eigenvalue weighted by Gasteiger charge is -1.93. The van der Waals surface area contributed by atoms with Gasteiger partial charge in [0, 0.05) is 17.1 Å². The van der Waals surface area contributed by atoms with Crippen molar-refractivity contribution in [3.05, 3.63) is 35.2 Å². The van der Waals surface area contributed by atoms with E-state index in [0.29, 0.717) is 0 Å². The average Bonchev–Trinajstić information content (AvgIpc) is 2.56. The highest BCUT2D eigenvalue weighted by atomic mass is 32.1. The molecular formula is C8H5FN2S. The van der Waals surface area contributed by atoms with Crippen LogP contribution in [-0.2, 0) is 0 Å². The molecule has 2 aromatic heterocycles. The first kappa shape index (κ1) is 7.36. The standard InChI is InChI=1S/C8H5FN2S/c9-7-1-6(2-10-3-7)8-4-12-5-11-8/h1-5H.